The Hall–Kier alpha value is -0.630. The van der Waals surface area contributed by atoms with E-state index < -0.39 is 16.0 Å². The highest BCUT2D eigenvalue weighted by molar-refractivity contribution is 9.10. The fourth-order valence-corrected chi connectivity index (χ4v) is 3.40. The molecule has 18 heavy (non-hydrogen) atoms. The van der Waals surface area contributed by atoms with Crippen molar-refractivity contribution in [2.45, 2.75) is 11.3 Å². The zero-order valence-corrected chi connectivity index (χ0v) is 12.6. The van der Waals surface area contributed by atoms with Gasteiger partial charge in [0.25, 0.3) is 0 Å². The summed E-state index contributed by atoms with van der Waals surface area (Å²) in [4.78, 5) is 10.4. The number of sulfonamides is 1. The van der Waals surface area contributed by atoms with Crippen molar-refractivity contribution >= 4 is 43.5 Å². The van der Waals surface area contributed by atoms with Crippen LogP contribution in [0.25, 0.3) is 0 Å². The maximum Gasteiger partial charge on any atom is 0.304 e. The van der Waals surface area contributed by atoms with E-state index in [1.54, 1.807) is 6.07 Å². The van der Waals surface area contributed by atoms with Gasteiger partial charge in [0.15, 0.2) is 0 Å². The number of carbonyl (C=O) groups is 1. The largest absolute Gasteiger partial charge is 0.481 e. The summed E-state index contributed by atoms with van der Waals surface area (Å²) in [6, 6.07) is 4.41. The van der Waals surface area contributed by atoms with Gasteiger partial charge >= 0.3 is 5.97 Å². The number of benzene rings is 1. The summed E-state index contributed by atoms with van der Waals surface area (Å²) >= 11 is 9.05. The van der Waals surface area contributed by atoms with Crippen molar-refractivity contribution in [2.75, 3.05) is 13.6 Å². The quantitative estimate of drug-likeness (QED) is 0.877. The molecule has 0 aliphatic carbocycles. The molecule has 0 heterocycles. The molecule has 8 heteroatoms. The summed E-state index contributed by atoms with van der Waals surface area (Å²) in [6.45, 7) is -0.107. The SMILES string of the molecule is CN(CCC(=O)O)S(=O)(=O)c1ccc(Br)cc1Cl. The molecule has 1 aromatic carbocycles. The topological polar surface area (TPSA) is 74.7 Å². The fourth-order valence-electron chi connectivity index (χ4n) is 1.23. The van der Waals surface area contributed by atoms with E-state index in [1.165, 1.54) is 19.2 Å². The van der Waals surface area contributed by atoms with Crippen LogP contribution in [0.1, 0.15) is 6.42 Å². The maximum atomic E-state index is 12.1. The summed E-state index contributed by atoms with van der Waals surface area (Å²) in [7, 11) is -2.45. The summed E-state index contributed by atoms with van der Waals surface area (Å²) in [6.07, 6.45) is -0.260. The van der Waals surface area contributed by atoms with E-state index >= 15 is 0 Å². The Labute approximate surface area is 119 Å². The van der Waals surface area contributed by atoms with Gasteiger partial charge < -0.3 is 5.11 Å². The van der Waals surface area contributed by atoms with Crippen molar-refractivity contribution in [3.63, 3.8) is 0 Å². The zero-order chi connectivity index (χ0) is 13.9. The number of rotatable bonds is 5. The van der Waals surface area contributed by atoms with Crippen LogP contribution in [-0.4, -0.2) is 37.4 Å². The lowest BCUT2D eigenvalue weighted by Gasteiger charge is -2.17. The molecule has 0 radical (unpaired) electrons. The van der Waals surface area contributed by atoms with E-state index in [-0.39, 0.29) is 22.9 Å². The highest BCUT2D eigenvalue weighted by Crippen LogP contribution is 2.27. The van der Waals surface area contributed by atoms with Gasteiger partial charge in [-0.05, 0) is 18.2 Å². The van der Waals surface area contributed by atoms with Gasteiger partial charge in [-0.25, -0.2) is 12.7 Å². The molecule has 5 nitrogen and oxygen atoms in total. The summed E-state index contributed by atoms with van der Waals surface area (Å²) < 4.78 is 25.9. The lowest BCUT2D eigenvalue weighted by molar-refractivity contribution is -0.137. The first-order valence-corrected chi connectivity index (χ1v) is 7.49. The van der Waals surface area contributed by atoms with E-state index in [1.807, 2.05) is 0 Å². The van der Waals surface area contributed by atoms with Crippen LogP contribution in [0.3, 0.4) is 0 Å². The number of carboxylic acids is 1. The first-order valence-electron chi connectivity index (χ1n) is 4.88. The number of aliphatic carboxylic acids is 1. The van der Waals surface area contributed by atoms with Crippen LogP contribution in [0.5, 0.6) is 0 Å². The third-order valence-electron chi connectivity index (χ3n) is 2.22. The predicted octanol–water partition coefficient (Wildman–Crippen LogP) is 2.20. The van der Waals surface area contributed by atoms with Gasteiger partial charge in [0.1, 0.15) is 4.90 Å². The number of hydrogen-bond donors (Lipinski definition) is 1. The number of hydrogen-bond acceptors (Lipinski definition) is 3. The Bertz CT molecular complexity index is 561. The van der Waals surface area contributed by atoms with Crippen LogP contribution in [0.15, 0.2) is 27.6 Å². The Balaban J connectivity index is 3.02. The molecule has 0 fully saturated rings. The minimum atomic E-state index is -3.76. The lowest BCUT2D eigenvalue weighted by Crippen LogP contribution is -2.29. The molecule has 0 aromatic heterocycles. The molecule has 1 rings (SSSR count). The smallest absolute Gasteiger partial charge is 0.304 e. The highest BCUT2D eigenvalue weighted by atomic mass is 79.9. The first kappa shape index (κ1) is 15.4. The normalized spacial score (nSPS) is 11.8. The molecule has 0 amide bonds. The van der Waals surface area contributed by atoms with Crippen molar-refractivity contribution in [1.29, 1.82) is 0 Å². The molecule has 0 atom stereocenters. The third-order valence-corrected chi connectivity index (χ3v) is 5.06. The molecular weight excluding hydrogens is 346 g/mol. The van der Waals surface area contributed by atoms with Crippen LogP contribution in [-0.2, 0) is 14.8 Å². The van der Waals surface area contributed by atoms with E-state index in [9.17, 15) is 13.2 Å². The van der Waals surface area contributed by atoms with Crippen LogP contribution in [0.4, 0.5) is 0 Å². The molecule has 1 aromatic rings. The van der Waals surface area contributed by atoms with Crippen molar-refractivity contribution < 1.29 is 18.3 Å². The van der Waals surface area contributed by atoms with Gasteiger partial charge in [-0.1, -0.05) is 27.5 Å². The number of carboxylic acid groups (broad SMARTS) is 1. The van der Waals surface area contributed by atoms with Crippen LogP contribution in [0, 0.1) is 0 Å². The van der Waals surface area contributed by atoms with Crippen molar-refractivity contribution in [3.8, 4) is 0 Å². The lowest BCUT2D eigenvalue weighted by atomic mass is 10.4. The Morgan fingerprint density at radius 2 is 2.11 bits per heavy atom. The predicted molar refractivity (Wildman–Crippen MR) is 71.2 cm³/mol. The van der Waals surface area contributed by atoms with Crippen LogP contribution < -0.4 is 0 Å². The third kappa shape index (κ3) is 3.68. The second-order valence-corrected chi connectivity index (χ2v) is 6.88. The van der Waals surface area contributed by atoms with E-state index in [0.717, 1.165) is 4.31 Å². The van der Waals surface area contributed by atoms with Crippen LogP contribution in [0.2, 0.25) is 5.02 Å². The van der Waals surface area contributed by atoms with Gasteiger partial charge in [0, 0.05) is 18.1 Å². The molecule has 0 spiro atoms. The summed E-state index contributed by atoms with van der Waals surface area (Å²) in [5.74, 6) is -1.06. The monoisotopic (exact) mass is 355 g/mol. The minimum Gasteiger partial charge on any atom is -0.481 e. The fraction of sp³-hybridized carbons (Fsp3) is 0.300. The minimum absolute atomic E-state index is 0.0414. The van der Waals surface area contributed by atoms with Crippen molar-refractivity contribution in [3.05, 3.63) is 27.7 Å². The second kappa shape index (κ2) is 6.01. The molecule has 0 unspecified atom stereocenters. The Kier molecular flexibility index (Phi) is 5.15. The summed E-state index contributed by atoms with van der Waals surface area (Å²) in [5.41, 5.74) is 0. The Morgan fingerprint density at radius 1 is 1.50 bits per heavy atom. The Morgan fingerprint density at radius 3 is 2.61 bits per heavy atom. The molecule has 1 N–H and O–H groups in total. The molecule has 0 saturated carbocycles. The average Bonchev–Trinajstić information content (AvgIpc) is 2.24. The second-order valence-electron chi connectivity index (χ2n) is 3.55. The molecule has 0 aliphatic heterocycles. The van der Waals surface area contributed by atoms with Gasteiger partial charge in [-0.15, -0.1) is 0 Å². The molecule has 0 aliphatic rings. The molecule has 0 bridgehead atoms. The maximum absolute atomic E-state index is 12.1. The number of nitrogens with zero attached hydrogens (tertiary/aromatic N) is 1. The standard InChI is InChI=1S/C10H11BrClNO4S/c1-13(5-4-10(14)15)18(16,17)9-3-2-7(11)6-8(9)12/h2-3,6H,4-5H2,1H3,(H,14,15). The molecule has 100 valence electrons. The van der Waals surface area contributed by atoms with Gasteiger partial charge in [-0.2, -0.15) is 0 Å². The molecule has 0 saturated heterocycles. The van der Waals surface area contributed by atoms with Gasteiger partial charge in [0.05, 0.1) is 11.4 Å². The van der Waals surface area contributed by atoms with Gasteiger partial charge in [0.2, 0.25) is 10.0 Å². The van der Waals surface area contributed by atoms with Crippen LogP contribution >= 0.6 is 27.5 Å². The highest BCUT2D eigenvalue weighted by Gasteiger charge is 2.23. The van der Waals surface area contributed by atoms with E-state index in [0.29, 0.717) is 4.47 Å². The number of halogens is 2. The van der Waals surface area contributed by atoms with E-state index in [2.05, 4.69) is 15.9 Å². The molecular formula is C10H11BrClNO4S. The van der Waals surface area contributed by atoms with Crippen molar-refractivity contribution in [2.24, 2.45) is 0 Å². The van der Waals surface area contributed by atoms with Gasteiger partial charge in [-0.3, -0.25) is 4.79 Å². The summed E-state index contributed by atoms with van der Waals surface area (Å²) in [5, 5.41) is 8.63. The average molecular weight is 357 g/mol. The zero-order valence-electron chi connectivity index (χ0n) is 9.43. The first-order chi connectivity index (χ1) is 8.25. The van der Waals surface area contributed by atoms with E-state index in [4.69, 9.17) is 16.7 Å². The van der Waals surface area contributed by atoms with Crippen molar-refractivity contribution in [1.82, 2.24) is 4.31 Å².